The van der Waals surface area contributed by atoms with Crippen LogP contribution in [0.3, 0.4) is 0 Å². The number of phenolic OH excluding ortho intramolecular Hbond substituents is 1. The van der Waals surface area contributed by atoms with Crippen LogP contribution in [0.1, 0.15) is 39.8 Å². The Morgan fingerprint density at radius 2 is 1.95 bits per heavy atom. The second-order valence-electron chi connectivity index (χ2n) is 5.65. The second-order valence-corrected chi connectivity index (χ2v) is 6.06. The molecular weight excluding hydrogens is 278 g/mol. The fourth-order valence-corrected chi connectivity index (χ4v) is 3.40. The quantitative estimate of drug-likeness (QED) is 0.674. The first-order valence-electron chi connectivity index (χ1n) is 7.30. The number of hydrogen-bond donors (Lipinski definition) is 2. The number of thiocarbonyl (C=S) groups is 1. The molecule has 0 aromatic heterocycles. The molecule has 21 heavy (non-hydrogen) atoms. The maximum absolute atomic E-state index is 10.6. The lowest BCUT2D eigenvalue weighted by Gasteiger charge is -2.16. The molecule has 0 amide bonds. The summed E-state index contributed by atoms with van der Waals surface area (Å²) in [5.41, 5.74) is 12.1. The fraction of sp³-hybridized carbons (Fsp3) is 0.278. The average molecular weight is 297 g/mol. The molecule has 0 atom stereocenters. The minimum atomic E-state index is 0.267. The van der Waals surface area contributed by atoms with Crippen molar-refractivity contribution in [1.29, 1.82) is 0 Å². The van der Waals surface area contributed by atoms with Crippen LogP contribution in [-0.4, -0.2) is 9.97 Å². The summed E-state index contributed by atoms with van der Waals surface area (Å²) in [7, 11) is 0. The summed E-state index contributed by atoms with van der Waals surface area (Å²) in [6.45, 7) is 2.39. The molecule has 0 bridgehead atoms. The third kappa shape index (κ3) is 2.47. The normalized spacial score (nSPS) is 13.2. The summed E-state index contributed by atoms with van der Waals surface area (Å²) in [4.78, 5) is 0.723. The Bertz CT molecular complexity index is 703. The maximum Gasteiger partial charge on any atom is 0.129 e. The highest BCUT2D eigenvalue weighted by Crippen LogP contribution is 2.36. The number of hydrogen-bond acceptors (Lipinski definition) is 3. The van der Waals surface area contributed by atoms with Crippen molar-refractivity contribution in [3.63, 3.8) is 0 Å². The van der Waals surface area contributed by atoms with Gasteiger partial charge in [0.05, 0.1) is 4.86 Å². The molecule has 0 spiro atoms. The van der Waals surface area contributed by atoms with Crippen molar-refractivity contribution in [3.05, 3.63) is 63.7 Å². The molecular formula is C18H19NOS. The highest BCUT2D eigenvalue weighted by atomic mass is 32.1. The van der Waals surface area contributed by atoms with Gasteiger partial charge in [-0.2, -0.15) is 0 Å². The zero-order chi connectivity index (χ0) is 15.0. The monoisotopic (exact) mass is 297 g/mol. The molecule has 2 aromatic rings. The van der Waals surface area contributed by atoms with Gasteiger partial charge in [-0.3, -0.25) is 0 Å². The van der Waals surface area contributed by atoms with E-state index in [1.165, 1.54) is 16.7 Å². The largest absolute Gasteiger partial charge is 0.507 e. The van der Waals surface area contributed by atoms with Crippen LogP contribution >= 0.6 is 12.2 Å². The smallest absolute Gasteiger partial charge is 0.129 e. The van der Waals surface area contributed by atoms with Crippen LogP contribution in [0.25, 0.3) is 0 Å². The predicted octanol–water partition coefficient (Wildman–Crippen LogP) is 3.41. The number of aromatic hydroxyl groups is 1. The molecule has 3 heteroatoms. The Kier molecular flexibility index (Phi) is 3.79. The lowest BCUT2D eigenvalue weighted by molar-refractivity contribution is 0.466. The van der Waals surface area contributed by atoms with E-state index in [0.717, 1.165) is 40.8 Å². The van der Waals surface area contributed by atoms with Crippen LogP contribution in [0.2, 0.25) is 0 Å². The van der Waals surface area contributed by atoms with Gasteiger partial charge in [-0.15, -0.1) is 0 Å². The number of nitrogens with two attached hydrogens (primary N) is 1. The first-order valence-corrected chi connectivity index (χ1v) is 7.70. The van der Waals surface area contributed by atoms with Gasteiger partial charge in [0.1, 0.15) is 5.75 Å². The van der Waals surface area contributed by atoms with Crippen molar-refractivity contribution < 1.29 is 5.11 Å². The van der Waals surface area contributed by atoms with Gasteiger partial charge in [0.15, 0.2) is 0 Å². The molecule has 2 aromatic carbocycles. The topological polar surface area (TPSA) is 46.2 Å². The molecule has 0 heterocycles. The molecule has 1 aliphatic carbocycles. The number of rotatable bonds is 3. The van der Waals surface area contributed by atoms with Crippen molar-refractivity contribution in [2.75, 3.05) is 0 Å². The second kappa shape index (κ2) is 5.58. The van der Waals surface area contributed by atoms with E-state index in [9.17, 15) is 5.11 Å². The summed E-state index contributed by atoms with van der Waals surface area (Å²) >= 11 is 5.67. The fourth-order valence-electron chi connectivity index (χ4n) is 3.04. The van der Waals surface area contributed by atoms with Crippen LogP contribution in [0.4, 0.5) is 0 Å². The molecule has 0 saturated heterocycles. The van der Waals surface area contributed by atoms with Gasteiger partial charge < -0.3 is 10.8 Å². The van der Waals surface area contributed by atoms with E-state index in [2.05, 4.69) is 6.92 Å². The lowest BCUT2D eigenvalue weighted by atomic mass is 9.92. The summed E-state index contributed by atoms with van der Waals surface area (Å²) in [6, 6.07) is 10.2. The lowest BCUT2D eigenvalue weighted by Crippen LogP contribution is -2.08. The Morgan fingerprint density at radius 1 is 1.24 bits per heavy atom. The summed E-state index contributed by atoms with van der Waals surface area (Å²) in [5.74, 6) is 0.267. The molecule has 3 rings (SSSR count). The highest BCUT2D eigenvalue weighted by molar-refractivity contribution is 7.81. The zero-order valence-corrected chi connectivity index (χ0v) is 13.0. The van der Waals surface area contributed by atoms with Crippen molar-refractivity contribution in [2.45, 2.75) is 32.7 Å². The van der Waals surface area contributed by atoms with E-state index in [-0.39, 0.29) is 5.75 Å². The van der Waals surface area contributed by atoms with E-state index >= 15 is 0 Å². The minimum Gasteiger partial charge on any atom is -0.507 e. The average Bonchev–Trinajstić information content (AvgIpc) is 2.94. The van der Waals surface area contributed by atoms with Gasteiger partial charge in [0, 0.05) is 17.7 Å². The molecule has 3 N–H and O–H groups in total. The van der Waals surface area contributed by atoms with E-state index in [1.54, 1.807) is 0 Å². The maximum atomic E-state index is 10.6. The van der Waals surface area contributed by atoms with Crippen molar-refractivity contribution in [1.82, 2.24) is 0 Å². The van der Waals surface area contributed by atoms with Gasteiger partial charge in [-0.25, -0.2) is 0 Å². The molecule has 0 radical (unpaired) electrons. The van der Waals surface area contributed by atoms with E-state index in [1.807, 2.05) is 30.3 Å². The summed E-state index contributed by atoms with van der Waals surface area (Å²) in [6.07, 6.45) is 3.15. The first-order chi connectivity index (χ1) is 10.1. The first kappa shape index (κ1) is 14.2. The third-order valence-electron chi connectivity index (χ3n) is 4.21. The Balaban J connectivity index is 2.15. The molecule has 0 fully saturated rings. The van der Waals surface area contributed by atoms with Crippen molar-refractivity contribution in [2.24, 2.45) is 5.73 Å². The van der Waals surface area contributed by atoms with Crippen LogP contribution in [-0.2, 0) is 19.4 Å². The van der Waals surface area contributed by atoms with Crippen LogP contribution < -0.4 is 5.73 Å². The van der Waals surface area contributed by atoms with Crippen LogP contribution in [0, 0.1) is 6.92 Å². The van der Waals surface area contributed by atoms with Gasteiger partial charge in [-0.05, 0) is 42.9 Å². The molecule has 2 nitrogen and oxygen atoms in total. The molecule has 108 valence electrons. The number of phenols is 1. The molecule has 0 aliphatic heterocycles. The van der Waals surface area contributed by atoms with Gasteiger partial charge in [0.2, 0.25) is 0 Å². The number of benzene rings is 2. The van der Waals surface area contributed by atoms with Crippen molar-refractivity contribution in [3.8, 4) is 5.75 Å². The van der Waals surface area contributed by atoms with E-state index < -0.39 is 0 Å². The minimum absolute atomic E-state index is 0.267. The molecule has 0 unspecified atom stereocenters. The standard InChI is InChI=1S/C18H19NOS/c1-11-5-7-12(8-6-11)18(21)16-15-4-2-3-13(15)9-14(10-19)17(16)20/h5-9,20H,2-4,10,19H2,1H3. The van der Waals surface area contributed by atoms with Gasteiger partial charge >= 0.3 is 0 Å². The Labute approximate surface area is 130 Å². The predicted molar refractivity (Wildman–Crippen MR) is 90.0 cm³/mol. The number of aryl methyl sites for hydroxylation is 2. The Morgan fingerprint density at radius 3 is 2.62 bits per heavy atom. The molecule has 0 saturated carbocycles. The van der Waals surface area contributed by atoms with E-state index in [0.29, 0.717) is 6.54 Å². The summed E-state index contributed by atoms with van der Waals surface area (Å²) in [5, 5.41) is 10.6. The molecule has 1 aliphatic rings. The summed E-state index contributed by atoms with van der Waals surface area (Å²) < 4.78 is 0. The number of fused-ring (bicyclic) bond motifs is 1. The Hall–Kier alpha value is -1.71. The van der Waals surface area contributed by atoms with Crippen molar-refractivity contribution >= 4 is 17.1 Å². The highest BCUT2D eigenvalue weighted by Gasteiger charge is 2.23. The SMILES string of the molecule is Cc1ccc(C(=S)c2c(O)c(CN)cc3c2CCC3)cc1. The van der Waals surface area contributed by atoms with E-state index in [4.69, 9.17) is 18.0 Å². The van der Waals surface area contributed by atoms with Gasteiger partial charge in [-0.1, -0.05) is 48.1 Å². The third-order valence-corrected chi connectivity index (χ3v) is 4.65. The zero-order valence-electron chi connectivity index (χ0n) is 12.1. The van der Waals surface area contributed by atoms with Crippen LogP contribution in [0.5, 0.6) is 5.75 Å². The van der Waals surface area contributed by atoms with Gasteiger partial charge in [0.25, 0.3) is 0 Å². The van der Waals surface area contributed by atoms with Crippen LogP contribution in [0.15, 0.2) is 30.3 Å².